The van der Waals surface area contributed by atoms with Gasteiger partial charge in [-0.05, 0) is 19.1 Å². The molecule has 0 fully saturated rings. The van der Waals surface area contributed by atoms with E-state index < -0.39 is 0 Å². The van der Waals surface area contributed by atoms with Gasteiger partial charge < -0.3 is 5.73 Å². The van der Waals surface area contributed by atoms with Gasteiger partial charge in [0.1, 0.15) is 12.2 Å². The molecule has 0 spiro atoms. The molecular weight excluding hydrogens is 287 g/mol. The molecule has 0 atom stereocenters. The second kappa shape index (κ2) is 5.59. The average Bonchev–Trinajstić information content (AvgIpc) is 2.82. The largest absolute Gasteiger partial charge is 0.396 e. The molecule has 2 N–H and O–H groups in total. The van der Waals surface area contributed by atoms with Crippen LogP contribution in [0.25, 0.3) is 0 Å². The lowest BCUT2D eigenvalue weighted by molar-refractivity contribution is 0.0989. The molecule has 1 aromatic carbocycles. The summed E-state index contributed by atoms with van der Waals surface area (Å²) in [6.45, 7) is 2.59. The third-order valence-electron chi connectivity index (χ3n) is 2.71. The minimum Gasteiger partial charge on any atom is -0.396 e. The van der Waals surface area contributed by atoms with Crippen LogP contribution in [0.4, 0.5) is 5.69 Å². The van der Waals surface area contributed by atoms with E-state index in [0.717, 1.165) is 0 Å². The molecule has 0 unspecified atom stereocenters. The number of carbonyl (C=O) groups is 1. The number of carbonyl (C=O) groups excluding carboxylic acids is 1. The number of Topliss-reactive ketones (excluding diaryl/α,β-unsaturated/α-hetero) is 1. The van der Waals surface area contributed by atoms with Crippen LogP contribution in [0.1, 0.15) is 23.1 Å². The Hall–Kier alpha value is -1.59. The summed E-state index contributed by atoms with van der Waals surface area (Å²) in [6, 6.07) is 3.02. The van der Waals surface area contributed by atoms with Crippen molar-refractivity contribution >= 4 is 34.7 Å². The molecule has 0 bridgehead atoms. The third-order valence-corrected chi connectivity index (χ3v) is 3.34. The van der Waals surface area contributed by atoms with Gasteiger partial charge in [0.15, 0.2) is 5.78 Å². The molecule has 0 saturated carbocycles. The molecule has 19 heavy (non-hydrogen) atoms. The van der Waals surface area contributed by atoms with Crippen LogP contribution in [0, 0.1) is 0 Å². The van der Waals surface area contributed by atoms with Crippen molar-refractivity contribution in [2.24, 2.45) is 0 Å². The lowest BCUT2D eigenvalue weighted by atomic mass is 10.1. The monoisotopic (exact) mass is 298 g/mol. The summed E-state index contributed by atoms with van der Waals surface area (Å²) in [6.07, 6.45) is 1.57. The van der Waals surface area contributed by atoms with E-state index >= 15 is 0 Å². The number of hydrogen-bond donors (Lipinski definition) is 1. The van der Waals surface area contributed by atoms with E-state index in [1.54, 1.807) is 4.68 Å². The number of anilines is 1. The summed E-state index contributed by atoms with van der Waals surface area (Å²) in [4.78, 5) is 16.2. The Balaban J connectivity index is 2.26. The van der Waals surface area contributed by atoms with Crippen molar-refractivity contribution in [1.29, 1.82) is 0 Å². The fourth-order valence-corrected chi connectivity index (χ4v) is 2.17. The first-order chi connectivity index (χ1) is 9.02. The van der Waals surface area contributed by atoms with E-state index in [-0.39, 0.29) is 27.9 Å². The Kier molecular flexibility index (Phi) is 4.07. The number of aryl methyl sites for hydroxylation is 1. The van der Waals surface area contributed by atoms with Crippen molar-refractivity contribution < 1.29 is 4.79 Å². The highest BCUT2D eigenvalue weighted by Gasteiger charge is 2.14. The van der Waals surface area contributed by atoms with E-state index in [0.29, 0.717) is 17.9 Å². The van der Waals surface area contributed by atoms with Crippen molar-refractivity contribution in [1.82, 2.24) is 14.8 Å². The number of hydrogen-bond acceptors (Lipinski definition) is 4. The number of nitrogen functional groups attached to an aromatic ring is 1. The minimum atomic E-state index is -0.133. The van der Waals surface area contributed by atoms with Crippen LogP contribution >= 0.6 is 23.2 Å². The number of rotatable bonds is 4. The highest BCUT2D eigenvalue weighted by Crippen LogP contribution is 2.29. The van der Waals surface area contributed by atoms with Gasteiger partial charge in [0.05, 0.1) is 22.2 Å². The lowest BCUT2D eigenvalue weighted by Crippen LogP contribution is -2.11. The first-order valence-corrected chi connectivity index (χ1v) is 6.43. The van der Waals surface area contributed by atoms with Gasteiger partial charge in [-0.1, -0.05) is 23.2 Å². The molecule has 0 radical (unpaired) electrons. The highest BCUT2D eigenvalue weighted by molar-refractivity contribution is 6.39. The topological polar surface area (TPSA) is 73.8 Å². The van der Waals surface area contributed by atoms with Crippen LogP contribution in [0.2, 0.25) is 10.0 Å². The molecule has 1 aromatic heterocycles. The highest BCUT2D eigenvalue weighted by atomic mass is 35.5. The number of nitrogens with zero attached hydrogens (tertiary/aromatic N) is 3. The van der Waals surface area contributed by atoms with Crippen LogP contribution < -0.4 is 5.73 Å². The summed E-state index contributed by atoms with van der Waals surface area (Å²) in [5.74, 6) is 0.475. The molecule has 0 aliphatic carbocycles. The van der Waals surface area contributed by atoms with E-state index in [1.165, 1.54) is 18.5 Å². The number of nitrogens with two attached hydrogens (primary N) is 1. The van der Waals surface area contributed by atoms with Gasteiger partial charge in [-0.15, -0.1) is 0 Å². The van der Waals surface area contributed by atoms with Gasteiger partial charge >= 0.3 is 0 Å². The molecule has 1 heterocycles. The van der Waals surface area contributed by atoms with Crippen molar-refractivity contribution in [3.05, 3.63) is 39.9 Å². The van der Waals surface area contributed by atoms with Gasteiger partial charge in [-0.25, -0.2) is 9.67 Å². The van der Waals surface area contributed by atoms with E-state index in [2.05, 4.69) is 10.1 Å². The zero-order chi connectivity index (χ0) is 14.0. The Morgan fingerprint density at radius 3 is 2.58 bits per heavy atom. The maximum absolute atomic E-state index is 12.2. The van der Waals surface area contributed by atoms with Gasteiger partial charge in [-0.2, -0.15) is 5.10 Å². The van der Waals surface area contributed by atoms with Crippen LogP contribution in [0.3, 0.4) is 0 Å². The van der Waals surface area contributed by atoms with E-state index in [9.17, 15) is 4.79 Å². The first kappa shape index (κ1) is 13.8. The summed E-state index contributed by atoms with van der Waals surface area (Å²) >= 11 is 11.8. The maximum atomic E-state index is 12.2. The van der Waals surface area contributed by atoms with Gasteiger partial charge in [-0.3, -0.25) is 4.79 Å². The average molecular weight is 299 g/mol. The number of halogens is 2. The molecular formula is C12H12Cl2N4O. The Labute approximate surface area is 120 Å². The predicted octanol–water partition coefficient (Wildman–Crippen LogP) is 2.61. The second-order valence-corrected chi connectivity index (χ2v) is 4.76. The van der Waals surface area contributed by atoms with Gasteiger partial charge in [0.25, 0.3) is 0 Å². The van der Waals surface area contributed by atoms with E-state index in [4.69, 9.17) is 28.9 Å². The summed E-state index contributed by atoms with van der Waals surface area (Å²) < 4.78 is 1.67. The van der Waals surface area contributed by atoms with Gasteiger partial charge in [0, 0.05) is 12.1 Å². The first-order valence-electron chi connectivity index (χ1n) is 5.67. The summed E-state index contributed by atoms with van der Waals surface area (Å²) in [5.41, 5.74) is 6.32. The number of ketones is 1. The number of benzene rings is 1. The molecule has 0 aliphatic heterocycles. The molecule has 0 aliphatic rings. The third kappa shape index (κ3) is 2.88. The van der Waals surface area contributed by atoms with Crippen LogP contribution in [0.15, 0.2) is 18.5 Å². The molecule has 0 amide bonds. The molecule has 2 rings (SSSR count). The van der Waals surface area contributed by atoms with Crippen LogP contribution in [-0.4, -0.2) is 20.5 Å². The van der Waals surface area contributed by atoms with Crippen molar-refractivity contribution in [2.45, 2.75) is 19.9 Å². The normalized spacial score (nSPS) is 10.7. The van der Waals surface area contributed by atoms with Crippen molar-refractivity contribution in [3.8, 4) is 0 Å². The fourth-order valence-electron chi connectivity index (χ4n) is 1.68. The van der Waals surface area contributed by atoms with Crippen LogP contribution in [0.5, 0.6) is 0 Å². The predicted molar refractivity (Wildman–Crippen MR) is 74.6 cm³/mol. The van der Waals surface area contributed by atoms with Crippen LogP contribution in [-0.2, 0) is 13.0 Å². The SMILES string of the molecule is CCn1ncnc1CC(=O)c1cc(Cl)c(N)c(Cl)c1. The summed E-state index contributed by atoms with van der Waals surface area (Å²) in [7, 11) is 0. The lowest BCUT2D eigenvalue weighted by Gasteiger charge is -2.06. The van der Waals surface area contributed by atoms with Gasteiger partial charge in [0.2, 0.25) is 0 Å². The molecule has 0 saturated heterocycles. The van der Waals surface area contributed by atoms with Crippen molar-refractivity contribution in [2.75, 3.05) is 5.73 Å². The molecule has 7 heteroatoms. The molecule has 5 nitrogen and oxygen atoms in total. The zero-order valence-electron chi connectivity index (χ0n) is 10.2. The number of aromatic nitrogens is 3. The standard InChI is InChI=1S/C12H12Cl2N4O/c1-2-18-11(16-6-17-18)5-10(19)7-3-8(13)12(15)9(14)4-7/h3-4,6H,2,5,15H2,1H3. The Morgan fingerprint density at radius 2 is 2.00 bits per heavy atom. The molecule has 100 valence electrons. The fraction of sp³-hybridized carbons (Fsp3) is 0.250. The smallest absolute Gasteiger partial charge is 0.170 e. The Morgan fingerprint density at radius 1 is 1.37 bits per heavy atom. The zero-order valence-corrected chi connectivity index (χ0v) is 11.7. The Bertz CT molecular complexity index is 601. The summed E-state index contributed by atoms with van der Waals surface area (Å²) in [5, 5.41) is 4.55. The van der Waals surface area contributed by atoms with E-state index in [1.807, 2.05) is 6.92 Å². The second-order valence-electron chi connectivity index (χ2n) is 3.95. The maximum Gasteiger partial charge on any atom is 0.170 e. The molecule has 2 aromatic rings. The van der Waals surface area contributed by atoms with Crippen molar-refractivity contribution in [3.63, 3.8) is 0 Å². The minimum absolute atomic E-state index is 0.133. The quantitative estimate of drug-likeness (QED) is 0.695.